The second-order valence-corrected chi connectivity index (χ2v) is 10.6. The fourth-order valence-electron chi connectivity index (χ4n) is 4.59. The minimum atomic E-state index is -0.848. The highest BCUT2D eigenvalue weighted by Crippen LogP contribution is 2.20. The second-order valence-electron chi connectivity index (χ2n) is 10.6. The summed E-state index contributed by atoms with van der Waals surface area (Å²) in [5, 5.41) is 17.0. The highest BCUT2D eigenvalue weighted by atomic mass is 16.5. The number of nitrogens with one attached hydrogen (secondary N) is 3. The van der Waals surface area contributed by atoms with Gasteiger partial charge in [0, 0.05) is 12.0 Å². The number of hydrogen-bond acceptors (Lipinski definition) is 7. The van der Waals surface area contributed by atoms with Crippen LogP contribution in [0.5, 0.6) is 5.75 Å². The molecule has 4 bridgehead atoms. The fraction of sp³-hybridized carbons (Fsp3) is 0.433. The predicted octanol–water partition coefficient (Wildman–Crippen LogP) is 1.85. The van der Waals surface area contributed by atoms with Gasteiger partial charge in [0.2, 0.25) is 11.8 Å². The number of fused-ring (bicyclic) bond motifs is 4. The van der Waals surface area contributed by atoms with Gasteiger partial charge in [-0.15, -0.1) is 5.10 Å². The van der Waals surface area contributed by atoms with Crippen LogP contribution in [0.3, 0.4) is 0 Å². The van der Waals surface area contributed by atoms with Crippen molar-refractivity contribution in [2.45, 2.75) is 57.8 Å². The van der Waals surface area contributed by atoms with Gasteiger partial charge in [-0.1, -0.05) is 41.6 Å². The second kappa shape index (κ2) is 14.4. The minimum Gasteiger partial charge on any atom is -0.491 e. The summed E-state index contributed by atoms with van der Waals surface area (Å²) in [7, 11) is 3.99. The van der Waals surface area contributed by atoms with Gasteiger partial charge in [-0.3, -0.25) is 14.4 Å². The first-order chi connectivity index (χ1) is 19.8. The molecule has 1 aromatic heterocycles. The number of rotatable bonds is 7. The lowest BCUT2D eigenvalue weighted by molar-refractivity contribution is -0.130. The number of unbranched alkanes of at least 4 members (excludes halogenated alkanes) is 1. The minimum absolute atomic E-state index is 0.159. The Kier molecular flexibility index (Phi) is 10.4. The zero-order chi connectivity index (χ0) is 29.2. The monoisotopic (exact) mass is 561 g/mol. The maximum absolute atomic E-state index is 13.6. The van der Waals surface area contributed by atoms with Gasteiger partial charge in [-0.2, -0.15) is 0 Å². The summed E-state index contributed by atoms with van der Waals surface area (Å²) in [6.45, 7) is 3.69. The summed E-state index contributed by atoms with van der Waals surface area (Å²) >= 11 is 0. The van der Waals surface area contributed by atoms with Crippen molar-refractivity contribution in [2.24, 2.45) is 0 Å². The number of aryl methyl sites for hydroxylation is 1. The number of ether oxygens (including phenoxy) is 1. The number of aromatic nitrogens is 3. The summed E-state index contributed by atoms with van der Waals surface area (Å²) in [6, 6.07) is 13.1. The first-order valence-electron chi connectivity index (χ1n) is 14.0. The van der Waals surface area contributed by atoms with Crippen LogP contribution in [-0.4, -0.2) is 76.9 Å². The fourth-order valence-corrected chi connectivity index (χ4v) is 4.59. The molecular formula is C30H39N7O4. The lowest BCUT2D eigenvalue weighted by Crippen LogP contribution is -2.54. The molecule has 0 fully saturated rings. The lowest BCUT2D eigenvalue weighted by atomic mass is 10.0. The van der Waals surface area contributed by atoms with Gasteiger partial charge >= 0.3 is 0 Å². The Bertz CT molecular complexity index is 1330. The van der Waals surface area contributed by atoms with Gasteiger partial charge in [0.05, 0.1) is 19.3 Å². The van der Waals surface area contributed by atoms with E-state index in [9.17, 15) is 14.4 Å². The van der Waals surface area contributed by atoms with Crippen molar-refractivity contribution in [2.75, 3.05) is 27.2 Å². The van der Waals surface area contributed by atoms with Crippen LogP contribution >= 0.6 is 0 Å². The van der Waals surface area contributed by atoms with Crippen LogP contribution in [0.25, 0.3) is 0 Å². The summed E-state index contributed by atoms with van der Waals surface area (Å²) in [6.07, 6.45) is 4.07. The maximum atomic E-state index is 13.6. The zero-order valence-corrected chi connectivity index (χ0v) is 23.9. The van der Waals surface area contributed by atoms with Crippen molar-refractivity contribution in [3.8, 4) is 5.75 Å². The molecule has 0 saturated heterocycles. The Balaban J connectivity index is 1.61. The van der Waals surface area contributed by atoms with E-state index in [1.54, 1.807) is 23.0 Å². The molecule has 11 nitrogen and oxygen atoms in total. The molecule has 3 amide bonds. The van der Waals surface area contributed by atoms with Crippen LogP contribution in [0.4, 0.5) is 0 Å². The molecule has 2 aromatic carbocycles. The molecule has 3 aromatic rings. The maximum Gasteiger partial charge on any atom is 0.252 e. The number of amides is 3. The van der Waals surface area contributed by atoms with E-state index >= 15 is 0 Å². The van der Waals surface area contributed by atoms with Crippen LogP contribution in [0, 0.1) is 6.92 Å². The highest BCUT2D eigenvalue weighted by molar-refractivity contribution is 5.98. The number of carbonyl (C=O) groups is 3. The summed E-state index contributed by atoms with van der Waals surface area (Å²) < 4.78 is 7.59. The zero-order valence-electron chi connectivity index (χ0n) is 23.9. The average Bonchev–Trinajstić information content (AvgIpc) is 3.41. The molecular weight excluding hydrogens is 522 g/mol. The largest absolute Gasteiger partial charge is 0.491 e. The Morgan fingerprint density at radius 2 is 1.80 bits per heavy atom. The molecule has 11 heteroatoms. The molecule has 4 rings (SSSR count). The smallest absolute Gasteiger partial charge is 0.252 e. The van der Waals surface area contributed by atoms with Gasteiger partial charge < -0.3 is 25.6 Å². The van der Waals surface area contributed by atoms with Crippen molar-refractivity contribution in [1.82, 2.24) is 35.8 Å². The number of carbonyl (C=O) groups excluding carboxylic acids is 3. The Hall–Kier alpha value is -4.25. The number of nitrogens with zero attached hydrogens (tertiary/aromatic N) is 4. The van der Waals surface area contributed by atoms with E-state index in [4.69, 9.17) is 4.74 Å². The van der Waals surface area contributed by atoms with Crippen molar-refractivity contribution < 1.29 is 19.1 Å². The molecule has 218 valence electrons. The van der Waals surface area contributed by atoms with Gasteiger partial charge in [0.25, 0.3) is 5.91 Å². The third-order valence-corrected chi connectivity index (χ3v) is 6.94. The van der Waals surface area contributed by atoms with Crippen molar-refractivity contribution in [3.05, 3.63) is 77.1 Å². The van der Waals surface area contributed by atoms with Crippen LogP contribution in [0.2, 0.25) is 0 Å². The standard InChI is InChI=1S/C30H39N7O4/c1-21-12-13-23-18-27(21)41-16-15-37-20-24(34-35-37)19-31-29(39)26(17-22-9-5-4-6-10-22)33-30(40)25(32-28(23)38)11-7-8-14-36(2)3/h4-6,9-10,12-13,18,20,25-26H,7-8,11,14-17,19H2,1-3H3,(H,31,39)(H,32,38)(H,33,40)/t25-,26-/m0/s1. The lowest BCUT2D eigenvalue weighted by Gasteiger charge is -2.24. The van der Waals surface area contributed by atoms with E-state index in [1.807, 2.05) is 57.4 Å². The normalized spacial score (nSPS) is 18.5. The van der Waals surface area contributed by atoms with Crippen LogP contribution in [0.1, 0.15) is 46.4 Å². The highest BCUT2D eigenvalue weighted by Gasteiger charge is 2.27. The van der Waals surface area contributed by atoms with E-state index in [0.717, 1.165) is 30.5 Å². The van der Waals surface area contributed by atoms with Gasteiger partial charge in [0.15, 0.2) is 0 Å². The molecule has 1 aliphatic heterocycles. The SMILES string of the molecule is Cc1ccc2cc1OCCn1cc(nn1)CNC(=O)[C@H](Cc1ccccc1)NC(=O)[C@H](CCCCN(C)C)NC2=O. The van der Waals surface area contributed by atoms with E-state index in [-0.39, 0.29) is 18.4 Å². The van der Waals surface area contributed by atoms with E-state index in [1.165, 1.54) is 0 Å². The molecule has 0 radical (unpaired) electrons. The molecule has 0 unspecified atom stereocenters. The first kappa shape index (κ1) is 29.7. The third kappa shape index (κ3) is 8.87. The Morgan fingerprint density at radius 1 is 1.00 bits per heavy atom. The van der Waals surface area contributed by atoms with Gasteiger partial charge in [-0.25, -0.2) is 4.68 Å². The van der Waals surface area contributed by atoms with Crippen LogP contribution in [0.15, 0.2) is 54.7 Å². The summed E-state index contributed by atoms with van der Waals surface area (Å²) in [4.78, 5) is 42.4. The van der Waals surface area contributed by atoms with Crippen molar-refractivity contribution in [3.63, 3.8) is 0 Å². The number of hydrogen-bond donors (Lipinski definition) is 3. The quantitative estimate of drug-likeness (QED) is 0.376. The van der Waals surface area contributed by atoms with Crippen LogP contribution < -0.4 is 20.7 Å². The molecule has 41 heavy (non-hydrogen) atoms. The average molecular weight is 562 g/mol. The van der Waals surface area contributed by atoms with Gasteiger partial charge in [-0.05, 0) is 70.1 Å². The van der Waals surface area contributed by atoms with E-state index in [2.05, 4.69) is 31.2 Å². The summed E-state index contributed by atoms with van der Waals surface area (Å²) in [5.74, 6) is -0.549. The summed E-state index contributed by atoms with van der Waals surface area (Å²) in [5.41, 5.74) is 2.77. The molecule has 0 saturated carbocycles. The van der Waals surface area contributed by atoms with Crippen molar-refractivity contribution in [1.29, 1.82) is 0 Å². The molecule has 1 aliphatic rings. The van der Waals surface area contributed by atoms with Gasteiger partial charge in [0.1, 0.15) is 30.1 Å². The topological polar surface area (TPSA) is 130 Å². The molecule has 0 spiro atoms. The Morgan fingerprint density at radius 3 is 2.59 bits per heavy atom. The van der Waals surface area contributed by atoms with Crippen molar-refractivity contribution >= 4 is 17.7 Å². The van der Waals surface area contributed by atoms with Crippen LogP contribution in [-0.2, 0) is 29.1 Å². The first-order valence-corrected chi connectivity index (χ1v) is 14.0. The molecule has 2 heterocycles. The molecule has 3 N–H and O–H groups in total. The Labute approximate surface area is 240 Å². The van der Waals surface area contributed by atoms with E-state index < -0.39 is 18.0 Å². The molecule has 2 atom stereocenters. The van der Waals surface area contributed by atoms with E-state index in [0.29, 0.717) is 43.0 Å². The number of benzene rings is 2. The molecule has 0 aliphatic carbocycles. The predicted molar refractivity (Wildman–Crippen MR) is 154 cm³/mol. The third-order valence-electron chi connectivity index (χ3n) is 6.94.